The number of amides is 2. The van der Waals surface area contributed by atoms with Gasteiger partial charge in [-0.25, -0.2) is 0 Å². The maximum atomic E-state index is 13.0. The van der Waals surface area contributed by atoms with Crippen LogP contribution in [-0.4, -0.2) is 31.6 Å². The van der Waals surface area contributed by atoms with Gasteiger partial charge in [0.15, 0.2) is 11.5 Å². The normalized spacial score (nSPS) is 16.8. The van der Waals surface area contributed by atoms with Crippen molar-refractivity contribution in [2.75, 3.05) is 24.7 Å². The van der Waals surface area contributed by atoms with Crippen molar-refractivity contribution in [3.05, 3.63) is 53.6 Å². The zero-order valence-corrected chi connectivity index (χ0v) is 16.8. The number of anilines is 1. The maximum absolute atomic E-state index is 13.0. The van der Waals surface area contributed by atoms with Crippen LogP contribution < -0.4 is 19.7 Å². The number of benzene rings is 2. The number of rotatable bonds is 5. The Bertz CT molecular complexity index is 925. The molecule has 152 valence electrons. The van der Waals surface area contributed by atoms with Crippen LogP contribution in [0.5, 0.6) is 11.5 Å². The first kappa shape index (κ1) is 19.3. The highest BCUT2D eigenvalue weighted by molar-refractivity contribution is 5.99. The van der Waals surface area contributed by atoms with Crippen molar-refractivity contribution < 1.29 is 19.1 Å². The van der Waals surface area contributed by atoms with E-state index >= 15 is 0 Å². The molecule has 1 N–H and O–H groups in total. The highest BCUT2D eigenvalue weighted by atomic mass is 16.6. The van der Waals surface area contributed by atoms with E-state index in [1.807, 2.05) is 30.3 Å². The fraction of sp³-hybridized carbons (Fsp3) is 0.391. The Morgan fingerprint density at radius 3 is 2.59 bits per heavy atom. The lowest BCUT2D eigenvalue weighted by Gasteiger charge is -2.25. The number of fused-ring (bicyclic) bond motifs is 1. The molecule has 1 atom stereocenters. The van der Waals surface area contributed by atoms with Crippen molar-refractivity contribution in [1.29, 1.82) is 0 Å². The molecule has 29 heavy (non-hydrogen) atoms. The lowest BCUT2D eigenvalue weighted by Crippen LogP contribution is -2.32. The number of nitrogens with one attached hydrogen (secondary N) is 1. The smallest absolute Gasteiger partial charge is 0.251 e. The Morgan fingerprint density at radius 1 is 1.07 bits per heavy atom. The van der Waals surface area contributed by atoms with E-state index in [0.717, 1.165) is 23.4 Å². The Balaban J connectivity index is 1.54. The van der Waals surface area contributed by atoms with E-state index in [2.05, 4.69) is 19.2 Å². The summed E-state index contributed by atoms with van der Waals surface area (Å²) in [7, 11) is 0. The molecule has 2 amide bonds. The second kappa shape index (κ2) is 8.15. The molecule has 2 aliphatic heterocycles. The number of carbonyl (C=O) groups excluding carboxylic acids is 2. The monoisotopic (exact) mass is 394 g/mol. The van der Waals surface area contributed by atoms with Crippen LogP contribution >= 0.6 is 0 Å². The molecule has 0 unspecified atom stereocenters. The van der Waals surface area contributed by atoms with E-state index < -0.39 is 0 Å². The summed E-state index contributed by atoms with van der Waals surface area (Å²) in [5.74, 6) is 1.58. The van der Waals surface area contributed by atoms with Crippen LogP contribution in [0.15, 0.2) is 42.5 Å². The van der Waals surface area contributed by atoms with Crippen molar-refractivity contribution in [3.8, 4) is 11.5 Å². The molecule has 1 saturated heterocycles. The Kier molecular flexibility index (Phi) is 5.43. The van der Waals surface area contributed by atoms with Gasteiger partial charge in [0.25, 0.3) is 5.91 Å². The molecule has 2 aromatic rings. The van der Waals surface area contributed by atoms with Gasteiger partial charge < -0.3 is 19.7 Å². The summed E-state index contributed by atoms with van der Waals surface area (Å²) in [5.41, 5.74) is 2.30. The second-order valence-corrected chi connectivity index (χ2v) is 7.80. The van der Waals surface area contributed by atoms with Crippen LogP contribution in [0.4, 0.5) is 5.69 Å². The van der Waals surface area contributed by atoms with Crippen molar-refractivity contribution in [2.45, 2.75) is 32.7 Å². The summed E-state index contributed by atoms with van der Waals surface area (Å²) in [6, 6.07) is 12.9. The zero-order chi connectivity index (χ0) is 20.4. The average Bonchev–Trinajstić information content (AvgIpc) is 3.17. The minimum Gasteiger partial charge on any atom is -0.486 e. The van der Waals surface area contributed by atoms with Crippen LogP contribution in [0.2, 0.25) is 0 Å². The van der Waals surface area contributed by atoms with Crippen molar-refractivity contribution >= 4 is 17.5 Å². The van der Waals surface area contributed by atoms with Gasteiger partial charge in [0, 0.05) is 24.2 Å². The first-order chi connectivity index (χ1) is 14.0. The standard InChI is InChI=1S/C23H26N2O4/c1-15(2)22(16-8-9-19-20(14-16)29-12-11-28-19)24-23(27)17-5-3-6-18(13-17)25-10-4-7-21(25)26/h3,5-6,8-9,13-15,22H,4,7,10-12H2,1-2H3,(H,24,27)/t22-/m1/s1. The molecule has 4 rings (SSSR count). The molecule has 2 aliphatic rings. The fourth-order valence-electron chi connectivity index (χ4n) is 3.85. The van der Waals surface area contributed by atoms with Crippen molar-refractivity contribution in [1.82, 2.24) is 5.32 Å². The van der Waals surface area contributed by atoms with Gasteiger partial charge in [-0.3, -0.25) is 9.59 Å². The van der Waals surface area contributed by atoms with E-state index in [1.54, 1.807) is 17.0 Å². The zero-order valence-electron chi connectivity index (χ0n) is 16.8. The topological polar surface area (TPSA) is 67.9 Å². The third kappa shape index (κ3) is 4.06. The SMILES string of the molecule is CC(C)[C@@H](NC(=O)c1cccc(N2CCCC2=O)c1)c1ccc2c(c1)OCCO2. The Labute approximate surface area is 170 Å². The predicted octanol–water partition coefficient (Wildman–Crippen LogP) is 3.71. The van der Waals surface area contributed by atoms with Gasteiger partial charge in [0.1, 0.15) is 13.2 Å². The van der Waals surface area contributed by atoms with E-state index in [0.29, 0.717) is 37.5 Å². The molecule has 0 radical (unpaired) electrons. The predicted molar refractivity (Wildman–Crippen MR) is 111 cm³/mol. The summed E-state index contributed by atoms with van der Waals surface area (Å²) in [6.07, 6.45) is 1.42. The maximum Gasteiger partial charge on any atom is 0.251 e. The minimum atomic E-state index is -0.171. The number of nitrogens with zero attached hydrogens (tertiary/aromatic N) is 1. The molecule has 0 aliphatic carbocycles. The summed E-state index contributed by atoms with van der Waals surface area (Å²) in [6.45, 7) is 5.92. The molecule has 6 heteroatoms. The molecule has 0 bridgehead atoms. The van der Waals surface area contributed by atoms with Crippen LogP contribution in [-0.2, 0) is 4.79 Å². The molecule has 1 fully saturated rings. The number of ether oxygens (including phenoxy) is 2. The Hall–Kier alpha value is -3.02. The first-order valence-corrected chi connectivity index (χ1v) is 10.1. The summed E-state index contributed by atoms with van der Waals surface area (Å²) in [5, 5.41) is 3.15. The third-order valence-electron chi connectivity index (χ3n) is 5.37. The molecule has 6 nitrogen and oxygen atoms in total. The quantitative estimate of drug-likeness (QED) is 0.839. The van der Waals surface area contributed by atoms with E-state index in [4.69, 9.17) is 9.47 Å². The van der Waals surface area contributed by atoms with E-state index in [-0.39, 0.29) is 23.8 Å². The largest absolute Gasteiger partial charge is 0.486 e. The molecular weight excluding hydrogens is 368 g/mol. The first-order valence-electron chi connectivity index (χ1n) is 10.1. The molecule has 2 aromatic carbocycles. The summed E-state index contributed by atoms with van der Waals surface area (Å²) >= 11 is 0. The second-order valence-electron chi connectivity index (χ2n) is 7.80. The molecule has 0 saturated carbocycles. The lowest BCUT2D eigenvalue weighted by molar-refractivity contribution is -0.117. The van der Waals surface area contributed by atoms with Gasteiger partial charge in [-0.1, -0.05) is 26.0 Å². The fourth-order valence-corrected chi connectivity index (χ4v) is 3.85. The average molecular weight is 394 g/mol. The molecule has 0 aromatic heterocycles. The van der Waals surface area contributed by atoms with Gasteiger partial charge in [-0.2, -0.15) is 0 Å². The van der Waals surface area contributed by atoms with Gasteiger partial charge in [-0.15, -0.1) is 0 Å². The highest BCUT2D eigenvalue weighted by Crippen LogP contribution is 2.34. The number of carbonyl (C=O) groups is 2. The number of hydrogen-bond acceptors (Lipinski definition) is 4. The molecular formula is C23H26N2O4. The van der Waals surface area contributed by atoms with Crippen LogP contribution in [0.1, 0.15) is 48.7 Å². The van der Waals surface area contributed by atoms with Gasteiger partial charge in [0.2, 0.25) is 5.91 Å². The third-order valence-corrected chi connectivity index (χ3v) is 5.37. The molecule has 2 heterocycles. The van der Waals surface area contributed by atoms with Crippen LogP contribution in [0.3, 0.4) is 0 Å². The van der Waals surface area contributed by atoms with Gasteiger partial charge in [-0.05, 0) is 48.2 Å². The van der Waals surface area contributed by atoms with Crippen LogP contribution in [0.25, 0.3) is 0 Å². The van der Waals surface area contributed by atoms with E-state index in [9.17, 15) is 9.59 Å². The summed E-state index contributed by atoms with van der Waals surface area (Å²) in [4.78, 5) is 26.8. The molecule has 0 spiro atoms. The van der Waals surface area contributed by atoms with E-state index in [1.165, 1.54) is 0 Å². The Morgan fingerprint density at radius 2 is 1.86 bits per heavy atom. The lowest BCUT2D eigenvalue weighted by atomic mass is 9.95. The number of hydrogen-bond donors (Lipinski definition) is 1. The highest BCUT2D eigenvalue weighted by Gasteiger charge is 2.24. The van der Waals surface area contributed by atoms with Gasteiger partial charge in [0.05, 0.1) is 6.04 Å². The van der Waals surface area contributed by atoms with Crippen molar-refractivity contribution in [3.63, 3.8) is 0 Å². The van der Waals surface area contributed by atoms with Crippen molar-refractivity contribution in [2.24, 2.45) is 5.92 Å². The summed E-state index contributed by atoms with van der Waals surface area (Å²) < 4.78 is 11.3. The van der Waals surface area contributed by atoms with Crippen LogP contribution in [0, 0.1) is 5.92 Å². The van der Waals surface area contributed by atoms with Gasteiger partial charge >= 0.3 is 0 Å². The minimum absolute atomic E-state index is 0.110.